The molecular formula is C24H24N2O2S. The molecule has 0 aliphatic heterocycles. The summed E-state index contributed by atoms with van der Waals surface area (Å²) in [5, 5.41) is 4.23. The van der Waals surface area contributed by atoms with Crippen LogP contribution < -0.4 is 5.32 Å². The van der Waals surface area contributed by atoms with Crippen molar-refractivity contribution in [3.63, 3.8) is 0 Å². The van der Waals surface area contributed by atoms with Gasteiger partial charge in [-0.15, -0.1) is 0 Å². The lowest BCUT2D eigenvalue weighted by Crippen LogP contribution is -2.53. The number of hydrogen-bond donors (Lipinski definition) is 1. The Labute approximate surface area is 176 Å². The van der Waals surface area contributed by atoms with Crippen LogP contribution >= 0.6 is 12.2 Å². The summed E-state index contributed by atoms with van der Waals surface area (Å²) < 4.78 is 6.09. The van der Waals surface area contributed by atoms with E-state index < -0.39 is 5.41 Å². The van der Waals surface area contributed by atoms with Gasteiger partial charge in [0.1, 0.15) is 6.10 Å². The van der Waals surface area contributed by atoms with Crippen LogP contribution in [0.25, 0.3) is 10.9 Å². The zero-order valence-corrected chi connectivity index (χ0v) is 17.2. The van der Waals surface area contributed by atoms with Gasteiger partial charge in [0.15, 0.2) is 0 Å². The van der Waals surface area contributed by atoms with Gasteiger partial charge < -0.3 is 10.1 Å². The number of fused-ring (bicyclic) bond motifs is 1. The highest BCUT2D eigenvalue weighted by Gasteiger charge is 2.48. The second kappa shape index (κ2) is 8.29. The molecule has 0 saturated heterocycles. The van der Waals surface area contributed by atoms with Crippen molar-refractivity contribution >= 4 is 34.1 Å². The van der Waals surface area contributed by atoms with E-state index in [9.17, 15) is 4.79 Å². The topological polar surface area (TPSA) is 51.2 Å². The summed E-state index contributed by atoms with van der Waals surface area (Å²) in [5.41, 5.74) is 1.92. The highest BCUT2D eigenvalue weighted by Crippen LogP contribution is 2.43. The highest BCUT2D eigenvalue weighted by molar-refractivity contribution is 7.80. The molecule has 0 spiro atoms. The number of nitrogens with zero attached hydrogens (tertiary/aromatic N) is 1. The van der Waals surface area contributed by atoms with Gasteiger partial charge in [0.25, 0.3) is 0 Å². The van der Waals surface area contributed by atoms with Crippen LogP contribution in [0.15, 0.2) is 66.9 Å². The van der Waals surface area contributed by atoms with Crippen molar-refractivity contribution in [3.8, 4) is 0 Å². The van der Waals surface area contributed by atoms with E-state index in [2.05, 4.69) is 22.4 Å². The van der Waals surface area contributed by atoms with E-state index in [1.807, 2.05) is 49.6 Å². The summed E-state index contributed by atoms with van der Waals surface area (Å²) in [6.45, 7) is 0. The van der Waals surface area contributed by atoms with Crippen molar-refractivity contribution in [1.82, 2.24) is 10.3 Å². The molecule has 1 aliphatic carbocycles. The van der Waals surface area contributed by atoms with Gasteiger partial charge in [-0.2, -0.15) is 0 Å². The molecule has 4 rings (SSSR count). The van der Waals surface area contributed by atoms with E-state index in [0.717, 1.165) is 42.1 Å². The number of carbonyl (C=O) groups excluding carboxylic acids is 1. The first kappa shape index (κ1) is 19.5. The molecule has 1 saturated carbocycles. The predicted molar refractivity (Wildman–Crippen MR) is 119 cm³/mol. The Morgan fingerprint density at radius 3 is 2.69 bits per heavy atom. The molecular weight excluding hydrogens is 380 g/mol. The molecule has 1 N–H and O–H groups in total. The largest absolute Gasteiger partial charge is 0.457 e. The normalized spacial score (nSPS) is 21.5. The molecule has 1 heterocycles. The molecule has 4 nitrogen and oxygen atoms in total. The van der Waals surface area contributed by atoms with Gasteiger partial charge in [-0.3, -0.25) is 4.98 Å². The number of hydrogen-bond acceptors (Lipinski definition) is 4. The van der Waals surface area contributed by atoms with Gasteiger partial charge >= 0.3 is 5.97 Å². The summed E-state index contributed by atoms with van der Waals surface area (Å²) in [7, 11) is 1.84. The van der Waals surface area contributed by atoms with Crippen LogP contribution in [0.2, 0.25) is 0 Å². The average Bonchev–Trinajstić information content (AvgIpc) is 2.79. The second-order valence-electron chi connectivity index (χ2n) is 7.47. The Hall–Kier alpha value is -2.79. The Bertz CT molecular complexity index is 1040. The lowest BCUT2D eigenvalue weighted by Gasteiger charge is -2.44. The molecule has 0 bridgehead atoms. The van der Waals surface area contributed by atoms with Crippen LogP contribution in [-0.4, -0.2) is 29.1 Å². The first-order valence-electron chi connectivity index (χ1n) is 9.98. The zero-order valence-electron chi connectivity index (χ0n) is 16.4. The number of pyridine rings is 1. The molecule has 5 heteroatoms. The smallest absolute Gasteiger partial charge is 0.338 e. The van der Waals surface area contributed by atoms with Gasteiger partial charge in [-0.1, -0.05) is 55.0 Å². The number of aromatic nitrogens is 1. The van der Waals surface area contributed by atoms with Crippen LogP contribution in [0, 0.1) is 0 Å². The maximum Gasteiger partial charge on any atom is 0.338 e. The first-order chi connectivity index (χ1) is 14.1. The molecule has 0 unspecified atom stereocenters. The number of thiocarbonyl (C=S) groups is 1. The van der Waals surface area contributed by atoms with Crippen LogP contribution in [-0.2, 0) is 10.2 Å². The SMILES string of the molecule is CNC(=S)[C@@]1(c2cnc3ccccc3c2)CCCC[C@H]1OC(=O)c1ccccc1. The molecule has 1 aromatic heterocycles. The third kappa shape index (κ3) is 3.62. The third-order valence-electron chi connectivity index (χ3n) is 5.83. The molecule has 0 amide bonds. The van der Waals surface area contributed by atoms with E-state index in [4.69, 9.17) is 17.0 Å². The van der Waals surface area contributed by atoms with Gasteiger partial charge in [0.2, 0.25) is 0 Å². The Morgan fingerprint density at radius 1 is 1.14 bits per heavy atom. The van der Waals surface area contributed by atoms with Crippen molar-refractivity contribution in [1.29, 1.82) is 0 Å². The number of benzene rings is 2. The molecule has 1 aliphatic rings. The standard InChI is InChI=1S/C24H24N2O2S/c1-25-23(29)24(19-15-18-11-5-6-12-20(18)26-16-19)14-8-7-13-21(24)28-22(27)17-9-3-2-4-10-17/h2-6,9-12,15-16,21H,7-8,13-14H2,1H3,(H,25,29)/t21-,24-/m1/s1. The molecule has 148 valence electrons. The van der Waals surface area contributed by atoms with Crippen LogP contribution in [0.5, 0.6) is 0 Å². The number of ether oxygens (including phenoxy) is 1. The summed E-state index contributed by atoms with van der Waals surface area (Å²) in [6, 6.07) is 19.3. The number of esters is 1. The number of likely N-dealkylation sites (N-methyl/N-ethyl adjacent to an activating group) is 1. The van der Waals surface area contributed by atoms with Gasteiger partial charge in [-0.25, -0.2) is 4.79 Å². The molecule has 2 aromatic carbocycles. The van der Waals surface area contributed by atoms with E-state index in [0.29, 0.717) is 10.6 Å². The Kier molecular flexibility index (Phi) is 5.58. The monoisotopic (exact) mass is 404 g/mol. The van der Waals surface area contributed by atoms with Crippen LogP contribution in [0.1, 0.15) is 41.6 Å². The van der Waals surface area contributed by atoms with Crippen LogP contribution in [0.4, 0.5) is 0 Å². The van der Waals surface area contributed by atoms with E-state index >= 15 is 0 Å². The molecule has 3 aromatic rings. The van der Waals surface area contributed by atoms with Gasteiger partial charge in [0, 0.05) is 18.6 Å². The number of para-hydroxylation sites is 1. The Balaban J connectivity index is 1.77. The summed E-state index contributed by atoms with van der Waals surface area (Å²) >= 11 is 5.81. The summed E-state index contributed by atoms with van der Waals surface area (Å²) in [6.07, 6.45) is 5.16. The zero-order chi connectivity index (χ0) is 20.3. The minimum Gasteiger partial charge on any atom is -0.457 e. The minimum absolute atomic E-state index is 0.311. The average molecular weight is 405 g/mol. The van der Waals surface area contributed by atoms with E-state index in [1.165, 1.54) is 0 Å². The molecule has 29 heavy (non-hydrogen) atoms. The lowest BCUT2D eigenvalue weighted by atomic mass is 9.67. The van der Waals surface area contributed by atoms with Gasteiger partial charge in [0.05, 0.1) is 21.5 Å². The quantitative estimate of drug-likeness (QED) is 0.499. The lowest BCUT2D eigenvalue weighted by molar-refractivity contribution is 0.00433. The maximum absolute atomic E-state index is 12.9. The van der Waals surface area contributed by atoms with Crippen molar-refractivity contribution in [2.45, 2.75) is 37.2 Å². The van der Waals surface area contributed by atoms with Crippen LogP contribution in [0.3, 0.4) is 0 Å². The van der Waals surface area contributed by atoms with E-state index in [1.54, 1.807) is 12.1 Å². The van der Waals surface area contributed by atoms with Crippen molar-refractivity contribution < 1.29 is 9.53 Å². The maximum atomic E-state index is 12.9. The van der Waals surface area contributed by atoms with Gasteiger partial charge in [-0.05, 0) is 49.1 Å². The summed E-state index contributed by atoms with van der Waals surface area (Å²) in [4.78, 5) is 18.2. The number of rotatable bonds is 4. The van der Waals surface area contributed by atoms with Crippen molar-refractivity contribution in [2.24, 2.45) is 0 Å². The second-order valence-corrected chi connectivity index (χ2v) is 7.88. The fraction of sp³-hybridized carbons (Fsp3) is 0.292. The molecule has 0 radical (unpaired) electrons. The predicted octanol–water partition coefficient (Wildman–Crippen LogP) is 4.82. The van der Waals surface area contributed by atoms with Crippen molar-refractivity contribution in [3.05, 3.63) is 78.0 Å². The highest BCUT2D eigenvalue weighted by atomic mass is 32.1. The third-order valence-corrected chi connectivity index (χ3v) is 6.40. The molecule has 1 fully saturated rings. The number of nitrogens with one attached hydrogen (secondary N) is 1. The first-order valence-corrected chi connectivity index (χ1v) is 10.4. The Morgan fingerprint density at radius 2 is 1.90 bits per heavy atom. The number of carbonyl (C=O) groups is 1. The molecule has 2 atom stereocenters. The minimum atomic E-state index is -0.580. The fourth-order valence-corrected chi connectivity index (χ4v) is 4.68. The summed E-state index contributed by atoms with van der Waals surface area (Å²) in [5.74, 6) is -0.311. The van der Waals surface area contributed by atoms with E-state index in [-0.39, 0.29) is 12.1 Å². The fourth-order valence-electron chi connectivity index (χ4n) is 4.33. The van der Waals surface area contributed by atoms with Crippen molar-refractivity contribution in [2.75, 3.05) is 7.05 Å².